The van der Waals surface area contributed by atoms with E-state index in [9.17, 15) is 4.39 Å². The van der Waals surface area contributed by atoms with Crippen LogP contribution in [0.1, 0.15) is 39.2 Å². The van der Waals surface area contributed by atoms with Gasteiger partial charge in [0.05, 0.1) is 5.54 Å². The molecule has 1 aromatic rings. The monoisotopic (exact) mass is 278 g/mol. The molecule has 2 nitrogen and oxygen atoms in total. The fourth-order valence-corrected chi connectivity index (χ4v) is 3.12. The van der Waals surface area contributed by atoms with Crippen LogP contribution in [-0.2, 0) is 5.54 Å². The second-order valence-electron chi connectivity index (χ2n) is 5.16. The number of rotatable bonds is 8. The van der Waals surface area contributed by atoms with Gasteiger partial charge in [-0.1, -0.05) is 45.0 Å². The molecule has 0 spiro atoms. The van der Waals surface area contributed by atoms with Crippen LogP contribution in [-0.4, -0.2) is 24.0 Å². The summed E-state index contributed by atoms with van der Waals surface area (Å²) < 4.78 is 14.2. The molecule has 0 aromatic heterocycles. The first-order valence-electron chi connectivity index (χ1n) is 7.43. The predicted molar refractivity (Wildman–Crippen MR) is 84.1 cm³/mol. The van der Waals surface area contributed by atoms with E-state index in [1.165, 1.54) is 6.07 Å². The average Bonchev–Trinajstić information content (AvgIpc) is 2.45. The Morgan fingerprint density at radius 1 is 1.30 bits per heavy atom. The van der Waals surface area contributed by atoms with E-state index in [-0.39, 0.29) is 11.9 Å². The zero-order valence-electron chi connectivity index (χ0n) is 12.9. The van der Waals surface area contributed by atoms with E-state index in [2.05, 4.69) is 32.3 Å². The van der Waals surface area contributed by atoms with Gasteiger partial charge in [-0.15, -0.1) is 6.58 Å². The van der Waals surface area contributed by atoms with Gasteiger partial charge in [0.25, 0.3) is 0 Å². The first-order chi connectivity index (χ1) is 9.54. The van der Waals surface area contributed by atoms with Crippen LogP contribution in [0.4, 0.5) is 4.39 Å². The Hall–Kier alpha value is -1.19. The van der Waals surface area contributed by atoms with E-state index in [4.69, 9.17) is 5.73 Å². The molecule has 3 heteroatoms. The van der Waals surface area contributed by atoms with Crippen LogP contribution >= 0.6 is 0 Å². The van der Waals surface area contributed by atoms with Gasteiger partial charge in [0.1, 0.15) is 5.82 Å². The molecule has 20 heavy (non-hydrogen) atoms. The smallest absolute Gasteiger partial charge is 0.128 e. The van der Waals surface area contributed by atoms with E-state index >= 15 is 0 Å². The molecule has 0 fully saturated rings. The lowest BCUT2D eigenvalue weighted by Crippen LogP contribution is -2.56. The highest BCUT2D eigenvalue weighted by molar-refractivity contribution is 5.29. The van der Waals surface area contributed by atoms with Crippen LogP contribution in [0.2, 0.25) is 0 Å². The molecule has 0 aliphatic rings. The Labute approximate surface area is 122 Å². The minimum Gasteiger partial charge on any atom is -0.320 e. The third-order valence-electron chi connectivity index (χ3n) is 4.09. The maximum atomic E-state index is 14.2. The third-order valence-corrected chi connectivity index (χ3v) is 4.09. The van der Waals surface area contributed by atoms with Crippen molar-refractivity contribution in [2.75, 3.05) is 13.1 Å². The summed E-state index contributed by atoms with van der Waals surface area (Å²) in [5, 5.41) is 0. The average molecular weight is 278 g/mol. The van der Waals surface area contributed by atoms with Crippen molar-refractivity contribution in [2.24, 2.45) is 5.73 Å². The summed E-state index contributed by atoms with van der Waals surface area (Å²) in [5.41, 5.74) is 6.52. The summed E-state index contributed by atoms with van der Waals surface area (Å²) in [6, 6.07) is 6.91. The van der Waals surface area contributed by atoms with Crippen molar-refractivity contribution in [3.05, 3.63) is 48.3 Å². The van der Waals surface area contributed by atoms with Crippen LogP contribution in [0.25, 0.3) is 0 Å². The van der Waals surface area contributed by atoms with Crippen molar-refractivity contribution in [2.45, 2.75) is 45.2 Å². The van der Waals surface area contributed by atoms with E-state index in [1.54, 1.807) is 18.2 Å². The molecule has 2 atom stereocenters. The van der Waals surface area contributed by atoms with Crippen molar-refractivity contribution in [3.8, 4) is 0 Å². The third kappa shape index (κ3) is 3.28. The maximum Gasteiger partial charge on any atom is 0.128 e. The van der Waals surface area contributed by atoms with Gasteiger partial charge in [-0.2, -0.15) is 0 Å². The highest BCUT2D eigenvalue weighted by Gasteiger charge is 2.39. The maximum absolute atomic E-state index is 14.2. The first-order valence-corrected chi connectivity index (χ1v) is 7.43. The molecule has 2 unspecified atom stereocenters. The Morgan fingerprint density at radius 2 is 1.90 bits per heavy atom. The highest BCUT2D eigenvalue weighted by atomic mass is 19.1. The standard InChI is InChI=1S/C17H27FN2/c1-5-13-17(19,14-11-9-10-12-15(14)18)16(6-2)20(7-3)8-4/h5,9-12,16H,1,6-8,13,19H2,2-4H3. The number of nitrogens with two attached hydrogens (primary N) is 1. The second-order valence-corrected chi connectivity index (χ2v) is 5.16. The highest BCUT2D eigenvalue weighted by Crippen LogP contribution is 2.33. The van der Waals surface area contributed by atoms with Crippen LogP contribution in [0.3, 0.4) is 0 Å². The normalized spacial score (nSPS) is 15.9. The first kappa shape index (κ1) is 16.9. The molecule has 0 radical (unpaired) electrons. The lowest BCUT2D eigenvalue weighted by molar-refractivity contribution is 0.123. The molecule has 0 bridgehead atoms. The van der Waals surface area contributed by atoms with Crippen molar-refractivity contribution < 1.29 is 4.39 Å². The van der Waals surface area contributed by atoms with Crippen LogP contribution in [0.5, 0.6) is 0 Å². The molecular formula is C17H27FN2. The molecule has 0 aliphatic carbocycles. The lowest BCUT2D eigenvalue weighted by atomic mass is 9.78. The summed E-state index contributed by atoms with van der Waals surface area (Å²) in [4.78, 5) is 2.30. The van der Waals surface area contributed by atoms with Gasteiger partial charge in [-0.05, 0) is 32.0 Å². The van der Waals surface area contributed by atoms with Gasteiger partial charge >= 0.3 is 0 Å². The molecule has 2 N–H and O–H groups in total. The van der Waals surface area contributed by atoms with Crippen molar-refractivity contribution in [3.63, 3.8) is 0 Å². The molecule has 0 saturated heterocycles. The van der Waals surface area contributed by atoms with E-state index in [1.807, 2.05) is 6.07 Å². The minimum atomic E-state index is -0.742. The molecule has 1 rings (SSSR count). The Bertz CT molecular complexity index is 429. The zero-order valence-corrected chi connectivity index (χ0v) is 12.9. The van der Waals surface area contributed by atoms with Crippen LogP contribution in [0, 0.1) is 5.82 Å². The Kier molecular flexibility index (Phi) is 6.37. The van der Waals surface area contributed by atoms with Gasteiger partial charge in [0.2, 0.25) is 0 Å². The van der Waals surface area contributed by atoms with Gasteiger partial charge in [-0.3, -0.25) is 4.90 Å². The van der Waals surface area contributed by atoms with E-state index < -0.39 is 5.54 Å². The SMILES string of the molecule is C=CCC(N)(c1ccccc1F)C(CC)N(CC)CC. The fourth-order valence-electron chi connectivity index (χ4n) is 3.12. The number of likely N-dealkylation sites (N-methyl/N-ethyl adjacent to an activating group) is 1. The van der Waals surface area contributed by atoms with Crippen LogP contribution in [0.15, 0.2) is 36.9 Å². The van der Waals surface area contributed by atoms with Crippen LogP contribution < -0.4 is 5.73 Å². The molecule has 0 amide bonds. The number of nitrogens with zero attached hydrogens (tertiary/aromatic N) is 1. The molecule has 0 heterocycles. The van der Waals surface area contributed by atoms with E-state index in [0.717, 1.165) is 19.5 Å². The molecule has 112 valence electrons. The van der Waals surface area contributed by atoms with Gasteiger partial charge < -0.3 is 5.73 Å². The summed E-state index contributed by atoms with van der Waals surface area (Å²) >= 11 is 0. The minimum absolute atomic E-state index is 0.0902. The summed E-state index contributed by atoms with van der Waals surface area (Å²) in [5.74, 6) is -0.234. The summed E-state index contributed by atoms with van der Waals surface area (Å²) in [6.07, 6.45) is 3.22. The van der Waals surface area contributed by atoms with Gasteiger partial charge in [-0.25, -0.2) is 4.39 Å². The molecule has 0 saturated carbocycles. The second kappa shape index (κ2) is 7.55. The summed E-state index contributed by atoms with van der Waals surface area (Å²) in [6.45, 7) is 11.9. The Balaban J connectivity index is 3.32. The quantitative estimate of drug-likeness (QED) is 0.735. The lowest BCUT2D eigenvalue weighted by Gasteiger charge is -2.43. The number of benzene rings is 1. The van der Waals surface area contributed by atoms with Crippen molar-refractivity contribution in [1.29, 1.82) is 0 Å². The fraction of sp³-hybridized carbons (Fsp3) is 0.529. The molecule has 1 aromatic carbocycles. The van der Waals surface area contributed by atoms with Crippen molar-refractivity contribution >= 4 is 0 Å². The topological polar surface area (TPSA) is 29.3 Å². The zero-order chi connectivity index (χ0) is 15.2. The predicted octanol–water partition coefficient (Wildman–Crippen LogP) is 3.68. The largest absolute Gasteiger partial charge is 0.320 e. The van der Waals surface area contributed by atoms with Gasteiger partial charge in [0, 0.05) is 11.6 Å². The van der Waals surface area contributed by atoms with Gasteiger partial charge in [0.15, 0.2) is 0 Å². The van der Waals surface area contributed by atoms with E-state index in [0.29, 0.717) is 12.0 Å². The number of hydrogen-bond acceptors (Lipinski definition) is 2. The molecule has 0 aliphatic heterocycles. The summed E-state index contributed by atoms with van der Waals surface area (Å²) in [7, 11) is 0. The molecular weight excluding hydrogens is 251 g/mol. The Morgan fingerprint density at radius 3 is 2.35 bits per heavy atom. The van der Waals surface area contributed by atoms with Crippen molar-refractivity contribution in [1.82, 2.24) is 4.90 Å². The number of halogens is 1. The number of hydrogen-bond donors (Lipinski definition) is 1.